The van der Waals surface area contributed by atoms with Crippen LogP contribution in [0.1, 0.15) is 12.0 Å². The fraction of sp³-hybridized carbons (Fsp3) is 0.455. The van der Waals surface area contributed by atoms with Crippen molar-refractivity contribution in [1.82, 2.24) is 4.98 Å². The second-order valence-electron chi connectivity index (χ2n) is 4.29. The molecule has 0 N–H and O–H groups in total. The Labute approximate surface area is 110 Å². The summed E-state index contributed by atoms with van der Waals surface area (Å²) in [6.07, 6.45) is 1.15. The summed E-state index contributed by atoms with van der Waals surface area (Å²) in [5, 5.41) is -1.33. The zero-order valence-corrected chi connectivity index (χ0v) is 11.3. The minimum absolute atomic E-state index is 0.213. The second-order valence-corrected chi connectivity index (χ2v) is 5.91. The fourth-order valence-corrected chi connectivity index (χ4v) is 2.75. The first kappa shape index (κ1) is 13.7. The number of aromatic nitrogens is 1. The Hall–Kier alpha value is -1.70. The molecule has 6 nitrogen and oxygen atoms in total. The second kappa shape index (κ2) is 4.76. The van der Waals surface area contributed by atoms with E-state index in [0.29, 0.717) is 11.3 Å². The molecule has 1 aliphatic rings. The smallest absolute Gasteiger partial charge is 0.307 e. The molecule has 8 heteroatoms. The number of hydrogen-bond acceptors (Lipinski definition) is 5. The maximum atomic E-state index is 13.0. The molecule has 1 saturated heterocycles. The molecule has 1 unspecified atom stereocenters. The molecule has 1 aromatic heterocycles. The van der Waals surface area contributed by atoms with E-state index in [1.165, 1.54) is 18.2 Å². The highest BCUT2D eigenvalue weighted by molar-refractivity contribution is 7.87. The lowest BCUT2D eigenvalue weighted by Crippen LogP contribution is -2.28. The zero-order valence-electron chi connectivity index (χ0n) is 10.5. The molecule has 2 rings (SSSR count). The van der Waals surface area contributed by atoms with Crippen LogP contribution in [0.3, 0.4) is 0 Å². The van der Waals surface area contributed by atoms with Crippen LogP contribution in [0.5, 0.6) is 5.88 Å². The SMILES string of the molecule is COc1nccc(C)c1N1CC(S(=O)(=O)F)CC1=O. The Bertz CT molecular complexity index is 617. The van der Waals surface area contributed by atoms with Gasteiger partial charge in [0.2, 0.25) is 11.8 Å². The predicted octanol–water partition coefficient (Wildman–Crippen LogP) is 0.803. The van der Waals surface area contributed by atoms with E-state index in [0.717, 1.165) is 0 Å². The van der Waals surface area contributed by atoms with Gasteiger partial charge in [0.1, 0.15) is 10.9 Å². The lowest BCUT2D eigenvalue weighted by atomic mass is 10.2. The first-order chi connectivity index (χ1) is 8.84. The molecule has 0 aromatic carbocycles. The average molecular weight is 288 g/mol. The summed E-state index contributed by atoms with van der Waals surface area (Å²) in [5.74, 6) is -0.245. The number of amides is 1. The monoisotopic (exact) mass is 288 g/mol. The van der Waals surface area contributed by atoms with Crippen molar-refractivity contribution in [2.24, 2.45) is 0 Å². The third-order valence-corrected chi connectivity index (χ3v) is 4.16. The minimum atomic E-state index is -4.73. The van der Waals surface area contributed by atoms with Crippen molar-refractivity contribution in [2.45, 2.75) is 18.6 Å². The zero-order chi connectivity index (χ0) is 14.2. The molecule has 0 aliphatic carbocycles. The van der Waals surface area contributed by atoms with Crippen molar-refractivity contribution in [3.05, 3.63) is 17.8 Å². The van der Waals surface area contributed by atoms with Crippen LogP contribution in [0, 0.1) is 6.92 Å². The van der Waals surface area contributed by atoms with E-state index in [9.17, 15) is 17.1 Å². The summed E-state index contributed by atoms with van der Waals surface area (Å²) in [4.78, 5) is 17.0. The first-order valence-electron chi connectivity index (χ1n) is 5.58. The van der Waals surface area contributed by atoms with Crippen LogP contribution in [0.25, 0.3) is 0 Å². The molecule has 1 amide bonds. The minimum Gasteiger partial charge on any atom is -0.480 e. The van der Waals surface area contributed by atoms with Gasteiger partial charge in [-0.1, -0.05) is 0 Å². The predicted molar refractivity (Wildman–Crippen MR) is 66.3 cm³/mol. The maximum absolute atomic E-state index is 13.0. The highest BCUT2D eigenvalue weighted by Gasteiger charge is 2.40. The van der Waals surface area contributed by atoms with Crippen LogP contribution in [-0.2, 0) is 15.0 Å². The number of pyridine rings is 1. The fourth-order valence-electron chi connectivity index (χ4n) is 2.08. The van der Waals surface area contributed by atoms with Gasteiger partial charge in [-0.25, -0.2) is 4.98 Å². The molecule has 104 valence electrons. The molecule has 0 spiro atoms. The Morgan fingerprint density at radius 2 is 2.21 bits per heavy atom. The van der Waals surface area contributed by atoms with Crippen LogP contribution in [0.2, 0.25) is 0 Å². The van der Waals surface area contributed by atoms with Gasteiger partial charge in [0.25, 0.3) is 0 Å². The van der Waals surface area contributed by atoms with E-state index in [4.69, 9.17) is 4.74 Å². The van der Waals surface area contributed by atoms with Gasteiger partial charge < -0.3 is 9.64 Å². The van der Waals surface area contributed by atoms with Crippen molar-refractivity contribution in [3.63, 3.8) is 0 Å². The average Bonchev–Trinajstić information content (AvgIpc) is 2.70. The number of nitrogens with zero attached hydrogens (tertiary/aromatic N) is 2. The third-order valence-electron chi connectivity index (χ3n) is 3.04. The van der Waals surface area contributed by atoms with Gasteiger partial charge in [0.05, 0.1) is 7.11 Å². The van der Waals surface area contributed by atoms with Crippen LogP contribution in [-0.4, -0.2) is 38.2 Å². The van der Waals surface area contributed by atoms with Gasteiger partial charge in [-0.15, -0.1) is 3.89 Å². The Morgan fingerprint density at radius 3 is 2.74 bits per heavy atom. The summed E-state index contributed by atoms with van der Waals surface area (Å²) in [7, 11) is -3.33. The molecule has 0 radical (unpaired) electrons. The number of anilines is 1. The molecule has 1 atom stereocenters. The van der Waals surface area contributed by atoms with Gasteiger partial charge in [-0.3, -0.25) is 4.79 Å². The van der Waals surface area contributed by atoms with Crippen LogP contribution < -0.4 is 9.64 Å². The van der Waals surface area contributed by atoms with E-state index in [2.05, 4.69) is 4.98 Å². The number of hydrogen-bond donors (Lipinski definition) is 0. The molecular formula is C11H13FN2O4S. The first-order valence-corrected chi connectivity index (χ1v) is 7.02. The Kier molecular flexibility index (Phi) is 3.44. The number of carbonyl (C=O) groups excluding carboxylic acids is 1. The normalized spacial score (nSPS) is 19.8. The number of rotatable bonds is 3. The number of halogens is 1. The highest BCUT2D eigenvalue weighted by Crippen LogP contribution is 2.34. The highest BCUT2D eigenvalue weighted by atomic mass is 32.3. The van der Waals surface area contributed by atoms with E-state index >= 15 is 0 Å². The maximum Gasteiger partial charge on any atom is 0.307 e. The van der Waals surface area contributed by atoms with Gasteiger partial charge in [-0.2, -0.15) is 8.42 Å². The molecule has 1 aromatic rings. The van der Waals surface area contributed by atoms with Gasteiger partial charge in [0.15, 0.2) is 0 Å². The number of aryl methyl sites for hydroxylation is 1. The van der Waals surface area contributed by atoms with E-state index < -0.39 is 21.4 Å². The summed E-state index contributed by atoms with van der Waals surface area (Å²) < 4.78 is 39.9. The van der Waals surface area contributed by atoms with Crippen molar-refractivity contribution in [1.29, 1.82) is 0 Å². The standard InChI is InChI=1S/C11H13FN2O4S/c1-7-3-4-13-11(18-2)10(7)14-6-8(5-9(14)15)19(12,16)17/h3-4,8H,5-6H2,1-2H3. The Morgan fingerprint density at radius 1 is 1.53 bits per heavy atom. The number of methoxy groups -OCH3 is 1. The van der Waals surface area contributed by atoms with Crippen molar-refractivity contribution in [3.8, 4) is 5.88 Å². The number of carbonyl (C=O) groups is 1. The van der Waals surface area contributed by atoms with E-state index in [-0.39, 0.29) is 18.8 Å². The van der Waals surface area contributed by atoms with Gasteiger partial charge >= 0.3 is 10.2 Å². The van der Waals surface area contributed by atoms with Gasteiger partial charge in [0, 0.05) is 19.2 Å². The summed E-state index contributed by atoms with van der Waals surface area (Å²) >= 11 is 0. The Balaban J connectivity index is 2.41. The van der Waals surface area contributed by atoms with Crippen molar-refractivity contribution < 1.29 is 21.8 Å². The largest absolute Gasteiger partial charge is 0.480 e. The molecular weight excluding hydrogens is 275 g/mol. The topological polar surface area (TPSA) is 76.6 Å². The third kappa shape index (κ3) is 2.53. The molecule has 2 heterocycles. The van der Waals surface area contributed by atoms with Crippen molar-refractivity contribution >= 4 is 21.8 Å². The van der Waals surface area contributed by atoms with E-state index in [1.54, 1.807) is 13.0 Å². The lowest BCUT2D eigenvalue weighted by Gasteiger charge is -2.20. The number of ether oxygens (including phenoxy) is 1. The summed E-state index contributed by atoms with van der Waals surface area (Å²) in [6, 6.07) is 1.67. The molecule has 0 bridgehead atoms. The summed E-state index contributed by atoms with van der Waals surface area (Å²) in [5.41, 5.74) is 1.10. The molecule has 19 heavy (non-hydrogen) atoms. The van der Waals surface area contributed by atoms with Gasteiger partial charge in [-0.05, 0) is 18.6 Å². The van der Waals surface area contributed by atoms with Crippen LogP contribution in [0.4, 0.5) is 9.57 Å². The van der Waals surface area contributed by atoms with Crippen molar-refractivity contribution in [2.75, 3.05) is 18.6 Å². The lowest BCUT2D eigenvalue weighted by molar-refractivity contribution is -0.117. The quantitative estimate of drug-likeness (QED) is 0.769. The molecule has 0 saturated carbocycles. The van der Waals surface area contributed by atoms with E-state index in [1.807, 2.05) is 0 Å². The molecule has 1 aliphatic heterocycles. The van der Waals surface area contributed by atoms with Crippen LogP contribution >= 0.6 is 0 Å². The molecule has 1 fully saturated rings. The summed E-state index contributed by atoms with van der Waals surface area (Å²) in [6.45, 7) is 1.52. The van der Waals surface area contributed by atoms with Crippen LogP contribution in [0.15, 0.2) is 12.3 Å².